The number of morpholine rings is 1. The molecule has 2 unspecified atom stereocenters. The molecule has 1 heterocycles. The first kappa shape index (κ1) is 14.6. The fourth-order valence-corrected chi connectivity index (χ4v) is 2.41. The summed E-state index contributed by atoms with van der Waals surface area (Å²) in [5.41, 5.74) is 7.74. The lowest BCUT2D eigenvalue weighted by Gasteiger charge is -2.39. The van der Waals surface area contributed by atoms with Gasteiger partial charge in [-0.05, 0) is 31.5 Å². The zero-order chi connectivity index (χ0) is 14.9. The Labute approximate surface area is 117 Å². The van der Waals surface area contributed by atoms with E-state index in [1.165, 1.54) is 0 Å². The van der Waals surface area contributed by atoms with Crippen molar-refractivity contribution in [1.82, 2.24) is 0 Å². The molecule has 20 heavy (non-hydrogen) atoms. The molecule has 6 nitrogen and oxygen atoms in total. The predicted octanol–water partition coefficient (Wildman–Crippen LogP) is 0.861. The Balaban J connectivity index is 2.38. The Morgan fingerprint density at radius 2 is 2.25 bits per heavy atom. The highest BCUT2D eigenvalue weighted by atomic mass is 16.5. The minimum atomic E-state index is -1.04. The van der Waals surface area contributed by atoms with Crippen molar-refractivity contribution in [3.63, 3.8) is 0 Å². The van der Waals surface area contributed by atoms with Gasteiger partial charge in [-0.2, -0.15) is 0 Å². The van der Waals surface area contributed by atoms with Crippen LogP contribution in [0.15, 0.2) is 12.1 Å². The van der Waals surface area contributed by atoms with E-state index in [0.717, 1.165) is 11.3 Å². The first-order valence-electron chi connectivity index (χ1n) is 6.56. The maximum atomic E-state index is 11.2. The lowest BCUT2D eigenvalue weighted by Crippen LogP contribution is -2.49. The van der Waals surface area contributed by atoms with E-state index in [1.54, 1.807) is 13.0 Å². The molecule has 6 heteroatoms. The number of carboxylic acid groups (broad SMARTS) is 1. The first-order chi connectivity index (χ1) is 9.43. The maximum Gasteiger partial charge on any atom is 0.337 e. The summed E-state index contributed by atoms with van der Waals surface area (Å²) in [5, 5.41) is 18.4. The van der Waals surface area contributed by atoms with Gasteiger partial charge in [0, 0.05) is 24.0 Å². The number of nitrogens with two attached hydrogens (primary N) is 1. The van der Waals surface area contributed by atoms with Crippen LogP contribution in [0.1, 0.15) is 22.8 Å². The van der Waals surface area contributed by atoms with Gasteiger partial charge >= 0.3 is 5.97 Å². The van der Waals surface area contributed by atoms with Crippen LogP contribution in [0.25, 0.3) is 0 Å². The zero-order valence-corrected chi connectivity index (χ0v) is 11.7. The number of ether oxygens (including phenoxy) is 1. The van der Waals surface area contributed by atoms with Gasteiger partial charge in [-0.1, -0.05) is 0 Å². The van der Waals surface area contributed by atoms with Crippen molar-refractivity contribution < 1.29 is 19.7 Å². The van der Waals surface area contributed by atoms with Gasteiger partial charge in [-0.25, -0.2) is 4.79 Å². The molecule has 1 aliphatic rings. The third-order valence-corrected chi connectivity index (χ3v) is 3.64. The number of anilines is 2. The largest absolute Gasteiger partial charge is 0.478 e. The Hall–Kier alpha value is -1.79. The number of hydrogen-bond acceptors (Lipinski definition) is 5. The van der Waals surface area contributed by atoms with Crippen LogP contribution in [0.3, 0.4) is 0 Å². The van der Waals surface area contributed by atoms with Gasteiger partial charge in [-0.15, -0.1) is 0 Å². The molecule has 1 aromatic carbocycles. The lowest BCUT2D eigenvalue weighted by atomic mass is 10.0. The van der Waals surface area contributed by atoms with Crippen molar-refractivity contribution in [2.24, 2.45) is 0 Å². The van der Waals surface area contributed by atoms with Gasteiger partial charge in [0.15, 0.2) is 0 Å². The molecule has 0 radical (unpaired) electrons. The molecule has 0 amide bonds. The molecule has 0 aliphatic carbocycles. The van der Waals surface area contributed by atoms with Crippen LogP contribution >= 0.6 is 0 Å². The second-order valence-electron chi connectivity index (χ2n) is 5.17. The molecule has 2 rings (SSSR count). The molecule has 1 aromatic rings. The number of hydrogen-bond donors (Lipinski definition) is 3. The van der Waals surface area contributed by atoms with Crippen molar-refractivity contribution in [1.29, 1.82) is 0 Å². The fraction of sp³-hybridized carbons (Fsp3) is 0.500. The van der Waals surface area contributed by atoms with Crippen LogP contribution in [0.5, 0.6) is 0 Å². The van der Waals surface area contributed by atoms with E-state index in [-0.39, 0.29) is 24.3 Å². The molecule has 1 aliphatic heterocycles. The number of aliphatic hydroxyl groups is 1. The third-order valence-electron chi connectivity index (χ3n) is 3.64. The number of carboxylic acids is 1. The summed E-state index contributed by atoms with van der Waals surface area (Å²) >= 11 is 0. The van der Waals surface area contributed by atoms with Crippen LogP contribution in [-0.2, 0) is 4.74 Å². The highest BCUT2D eigenvalue weighted by Gasteiger charge is 2.27. The SMILES string of the molecule is Cc1cc(N2CC(CO)OCC2C)cc(C(=O)O)c1N. The summed E-state index contributed by atoms with van der Waals surface area (Å²) in [6.45, 7) is 4.76. The Morgan fingerprint density at radius 3 is 2.85 bits per heavy atom. The summed E-state index contributed by atoms with van der Waals surface area (Å²) in [6.07, 6.45) is -0.252. The van der Waals surface area contributed by atoms with Crippen LogP contribution in [0, 0.1) is 6.92 Å². The van der Waals surface area contributed by atoms with Gasteiger partial charge in [0.2, 0.25) is 0 Å². The van der Waals surface area contributed by atoms with E-state index in [2.05, 4.69) is 0 Å². The second-order valence-corrected chi connectivity index (χ2v) is 5.17. The summed E-state index contributed by atoms with van der Waals surface area (Å²) in [5.74, 6) is -1.04. The number of aryl methyl sites for hydroxylation is 1. The van der Waals surface area contributed by atoms with Gasteiger partial charge in [0.05, 0.1) is 24.9 Å². The smallest absolute Gasteiger partial charge is 0.337 e. The lowest BCUT2D eigenvalue weighted by molar-refractivity contribution is -0.0103. The van der Waals surface area contributed by atoms with E-state index in [4.69, 9.17) is 10.5 Å². The second kappa shape index (κ2) is 5.68. The fourth-order valence-electron chi connectivity index (χ4n) is 2.41. The Morgan fingerprint density at radius 1 is 1.55 bits per heavy atom. The molecule has 0 aromatic heterocycles. The highest BCUT2D eigenvalue weighted by molar-refractivity contribution is 5.95. The zero-order valence-electron chi connectivity index (χ0n) is 11.7. The maximum absolute atomic E-state index is 11.2. The number of nitrogen functional groups attached to an aromatic ring is 1. The van der Waals surface area contributed by atoms with Crippen LogP contribution in [0.4, 0.5) is 11.4 Å². The quantitative estimate of drug-likeness (QED) is 0.711. The molecule has 4 N–H and O–H groups in total. The van der Waals surface area contributed by atoms with Crippen LogP contribution < -0.4 is 10.6 Å². The third kappa shape index (κ3) is 2.71. The van der Waals surface area contributed by atoms with Crippen LogP contribution in [0.2, 0.25) is 0 Å². The standard InChI is InChI=1S/C14H20N2O4/c1-8-3-10(4-12(13(8)15)14(18)19)16-5-11(6-17)20-7-9(16)2/h3-4,9,11,17H,5-7,15H2,1-2H3,(H,18,19). The molecule has 2 atom stereocenters. The van der Waals surface area contributed by atoms with E-state index in [0.29, 0.717) is 18.8 Å². The number of aliphatic hydroxyl groups excluding tert-OH is 1. The van der Waals surface area contributed by atoms with Crippen LogP contribution in [-0.4, -0.2) is 48.1 Å². The molecule has 110 valence electrons. The molecule has 0 spiro atoms. The van der Waals surface area contributed by atoms with Gasteiger partial charge in [0.1, 0.15) is 0 Å². The van der Waals surface area contributed by atoms with E-state index >= 15 is 0 Å². The topological polar surface area (TPSA) is 96.0 Å². The minimum absolute atomic E-state index is 0.0526. The van der Waals surface area contributed by atoms with Crippen molar-refractivity contribution in [2.45, 2.75) is 26.0 Å². The number of nitrogens with zero attached hydrogens (tertiary/aromatic N) is 1. The summed E-state index contributed by atoms with van der Waals surface area (Å²) in [4.78, 5) is 13.3. The van der Waals surface area contributed by atoms with E-state index < -0.39 is 5.97 Å². The number of benzene rings is 1. The number of carbonyl (C=O) groups is 1. The molecule has 1 saturated heterocycles. The van der Waals surface area contributed by atoms with Gasteiger partial charge in [0.25, 0.3) is 0 Å². The van der Waals surface area contributed by atoms with Crippen molar-refractivity contribution >= 4 is 17.3 Å². The summed E-state index contributed by atoms with van der Waals surface area (Å²) < 4.78 is 5.49. The summed E-state index contributed by atoms with van der Waals surface area (Å²) in [6, 6.07) is 3.57. The predicted molar refractivity (Wildman–Crippen MR) is 76.2 cm³/mol. The Bertz CT molecular complexity index is 518. The molecular formula is C14H20N2O4. The van der Waals surface area contributed by atoms with Gasteiger partial charge in [-0.3, -0.25) is 0 Å². The normalized spacial score (nSPS) is 22.9. The number of rotatable bonds is 3. The van der Waals surface area contributed by atoms with Crippen molar-refractivity contribution in [3.8, 4) is 0 Å². The molecule has 0 bridgehead atoms. The van der Waals surface area contributed by atoms with Crippen molar-refractivity contribution in [3.05, 3.63) is 23.3 Å². The van der Waals surface area contributed by atoms with Crippen molar-refractivity contribution in [2.75, 3.05) is 30.4 Å². The highest BCUT2D eigenvalue weighted by Crippen LogP contribution is 2.28. The molecule has 0 saturated carbocycles. The minimum Gasteiger partial charge on any atom is -0.478 e. The van der Waals surface area contributed by atoms with Gasteiger partial charge < -0.3 is 25.6 Å². The van der Waals surface area contributed by atoms with E-state index in [1.807, 2.05) is 17.9 Å². The monoisotopic (exact) mass is 280 g/mol. The average molecular weight is 280 g/mol. The first-order valence-corrected chi connectivity index (χ1v) is 6.56. The summed E-state index contributed by atoms with van der Waals surface area (Å²) in [7, 11) is 0. The Kier molecular flexibility index (Phi) is 4.15. The van der Waals surface area contributed by atoms with E-state index in [9.17, 15) is 15.0 Å². The average Bonchev–Trinajstić information content (AvgIpc) is 2.42. The molecule has 1 fully saturated rings. The molecular weight excluding hydrogens is 260 g/mol. The number of aromatic carboxylic acids is 1.